The Kier molecular flexibility index (Phi) is 6.41. The fourth-order valence-electron chi connectivity index (χ4n) is 3.14. The van der Waals surface area contributed by atoms with E-state index in [1.54, 1.807) is 24.3 Å². The number of ketones is 1. The molecule has 8 nitrogen and oxygen atoms in total. The number of benzene rings is 2. The predicted molar refractivity (Wildman–Crippen MR) is 106 cm³/mol. The molecule has 1 amide bonds. The highest BCUT2D eigenvalue weighted by molar-refractivity contribution is 6.12. The van der Waals surface area contributed by atoms with Gasteiger partial charge in [0, 0.05) is 10.8 Å². The SMILES string of the molecule is COC(=O)CC(NC(=O)COC(=O)n1c2ccccc2c2ccccc21)C(=O)CF. The van der Waals surface area contributed by atoms with Crippen LogP contribution < -0.4 is 5.32 Å². The molecule has 2 aromatic carbocycles. The summed E-state index contributed by atoms with van der Waals surface area (Å²) in [5.74, 6) is -2.62. The van der Waals surface area contributed by atoms with Gasteiger partial charge in [0.05, 0.1) is 24.6 Å². The van der Waals surface area contributed by atoms with E-state index in [-0.39, 0.29) is 0 Å². The Labute approximate surface area is 170 Å². The normalized spacial score (nSPS) is 11.8. The number of rotatable bonds is 7. The topological polar surface area (TPSA) is 104 Å². The lowest BCUT2D eigenvalue weighted by atomic mass is 10.1. The van der Waals surface area contributed by atoms with Crippen LogP contribution in [0.2, 0.25) is 0 Å². The largest absolute Gasteiger partial charge is 0.469 e. The number of aromatic nitrogens is 1. The number of carbonyl (C=O) groups excluding carboxylic acids is 4. The van der Waals surface area contributed by atoms with Gasteiger partial charge in [-0.15, -0.1) is 0 Å². The van der Waals surface area contributed by atoms with Gasteiger partial charge in [0.1, 0.15) is 12.7 Å². The number of halogens is 1. The van der Waals surface area contributed by atoms with Crippen LogP contribution in [0.3, 0.4) is 0 Å². The number of carbonyl (C=O) groups is 4. The van der Waals surface area contributed by atoms with Crippen molar-refractivity contribution in [1.82, 2.24) is 9.88 Å². The first-order valence-corrected chi connectivity index (χ1v) is 9.06. The van der Waals surface area contributed by atoms with Gasteiger partial charge in [-0.05, 0) is 12.1 Å². The minimum Gasteiger partial charge on any atom is -0.469 e. The van der Waals surface area contributed by atoms with Crippen molar-refractivity contribution in [1.29, 1.82) is 0 Å². The van der Waals surface area contributed by atoms with Crippen molar-refractivity contribution in [2.24, 2.45) is 0 Å². The number of Topliss-reactive ketones (excluding diaryl/α,β-unsaturated/α-hetero) is 1. The Bertz CT molecular complexity index is 1070. The number of nitrogens with zero attached hydrogens (tertiary/aromatic N) is 1. The van der Waals surface area contributed by atoms with E-state index in [1.165, 1.54) is 4.57 Å². The summed E-state index contributed by atoms with van der Waals surface area (Å²) in [4.78, 5) is 47.8. The van der Waals surface area contributed by atoms with Crippen LogP contribution in [0.4, 0.5) is 9.18 Å². The molecule has 0 bridgehead atoms. The monoisotopic (exact) mass is 414 g/mol. The molecule has 3 rings (SSSR count). The molecule has 0 saturated carbocycles. The summed E-state index contributed by atoms with van der Waals surface area (Å²) in [7, 11) is 1.11. The summed E-state index contributed by atoms with van der Waals surface area (Å²) in [5.41, 5.74) is 1.22. The van der Waals surface area contributed by atoms with Crippen LogP contribution in [0.15, 0.2) is 48.5 Å². The highest BCUT2D eigenvalue weighted by atomic mass is 19.1. The maximum Gasteiger partial charge on any atom is 0.419 e. The van der Waals surface area contributed by atoms with E-state index in [4.69, 9.17) is 4.74 Å². The second kappa shape index (κ2) is 9.17. The zero-order valence-electron chi connectivity index (χ0n) is 16.1. The summed E-state index contributed by atoms with van der Waals surface area (Å²) in [6.45, 7) is -2.07. The van der Waals surface area contributed by atoms with Gasteiger partial charge < -0.3 is 14.8 Å². The lowest BCUT2D eigenvalue weighted by molar-refractivity contribution is -0.143. The molecule has 0 spiro atoms. The number of methoxy groups -OCH3 is 1. The van der Waals surface area contributed by atoms with Crippen molar-refractivity contribution in [3.63, 3.8) is 0 Å². The fourth-order valence-corrected chi connectivity index (χ4v) is 3.14. The Morgan fingerprint density at radius 2 is 1.57 bits per heavy atom. The Morgan fingerprint density at radius 1 is 1.00 bits per heavy atom. The third kappa shape index (κ3) is 4.29. The first kappa shape index (κ1) is 21.0. The lowest BCUT2D eigenvalue weighted by Crippen LogP contribution is -2.45. The molecule has 1 unspecified atom stereocenters. The molecule has 0 radical (unpaired) electrons. The van der Waals surface area contributed by atoms with Crippen LogP contribution in [0.1, 0.15) is 6.42 Å². The van der Waals surface area contributed by atoms with Crippen LogP contribution in [0.25, 0.3) is 21.8 Å². The molecule has 0 saturated heterocycles. The Balaban J connectivity index is 1.74. The number of para-hydroxylation sites is 2. The zero-order chi connectivity index (χ0) is 21.7. The summed E-state index contributed by atoms with van der Waals surface area (Å²) in [5, 5.41) is 3.89. The minimum absolute atomic E-state index is 0.522. The van der Waals surface area contributed by atoms with Crippen molar-refractivity contribution in [2.75, 3.05) is 20.4 Å². The van der Waals surface area contributed by atoms with Crippen LogP contribution in [0, 0.1) is 0 Å². The fraction of sp³-hybridized carbons (Fsp3) is 0.238. The van der Waals surface area contributed by atoms with Crippen LogP contribution in [0.5, 0.6) is 0 Å². The average Bonchev–Trinajstić information content (AvgIpc) is 3.11. The van der Waals surface area contributed by atoms with Crippen molar-refractivity contribution in [3.8, 4) is 0 Å². The van der Waals surface area contributed by atoms with Gasteiger partial charge in [0.25, 0.3) is 5.91 Å². The van der Waals surface area contributed by atoms with Gasteiger partial charge in [-0.2, -0.15) is 0 Å². The lowest BCUT2D eigenvalue weighted by Gasteiger charge is -2.15. The maximum atomic E-state index is 12.7. The number of ether oxygens (including phenoxy) is 2. The molecule has 1 heterocycles. The summed E-state index contributed by atoms with van der Waals surface area (Å²) in [6, 6.07) is 13.1. The number of fused-ring (bicyclic) bond motifs is 3. The molecule has 9 heteroatoms. The van der Waals surface area contributed by atoms with Crippen LogP contribution in [-0.2, 0) is 23.9 Å². The van der Waals surface area contributed by atoms with Crippen molar-refractivity contribution < 1.29 is 33.0 Å². The molecule has 0 aliphatic heterocycles. The van der Waals surface area contributed by atoms with E-state index in [1.807, 2.05) is 24.3 Å². The smallest absolute Gasteiger partial charge is 0.419 e. The number of hydrogen-bond donors (Lipinski definition) is 1. The third-order valence-electron chi connectivity index (χ3n) is 4.54. The third-order valence-corrected chi connectivity index (χ3v) is 4.54. The molecule has 1 atom stereocenters. The number of hydrogen-bond acceptors (Lipinski definition) is 6. The maximum absolute atomic E-state index is 12.7. The van der Waals surface area contributed by atoms with E-state index in [0.29, 0.717) is 11.0 Å². The molecule has 3 aromatic rings. The van der Waals surface area contributed by atoms with Gasteiger partial charge in [-0.1, -0.05) is 36.4 Å². The molecule has 0 aliphatic rings. The quantitative estimate of drug-likeness (QED) is 0.596. The van der Waals surface area contributed by atoms with Gasteiger partial charge in [-0.25, -0.2) is 13.8 Å². The number of alkyl halides is 1. The standard InChI is InChI=1S/C21H19FN2O6/c1-29-20(27)10-15(18(25)11-22)23-19(26)12-30-21(28)24-16-8-4-2-6-13(16)14-7-3-5-9-17(14)24/h2-9,15H,10-12H2,1H3,(H,23,26). The van der Waals surface area contributed by atoms with Crippen LogP contribution >= 0.6 is 0 Å². The minimum atomic E-state index is -1.40. The second-order valence-corrected chi connectivity index (χ2v) is 6.42. The molecule has 1 N–H and O–H groups in total. The van der Waals surface area contributed by atoms with E-state index < -0.39 is 49.5 Å². The van der Waals surface area contributed by atoms with E-state index >= 15 is 0 Å². The van der Waals surface area contributed by atoms with Gasteiger partial charge in [0.15, 0.2) is 12.4 Å². The zero-order valence-corrected chi connectivity index (χ0v) is 16.1. The Hall–Kier alpha value is -3.75. The molecular weight excluding hydrogens is 395 g/mol. The first-order valence-electron chi connectivity index (χ1n) is 9.06. The number of esters is 1. The highest BCUT2D eigenvalue weighted by Crippen LogP contribution is 2.28. The number of amides is 1. The van der Waals surface area contributed by atoms with Gasteiger partial charge in [-0.3, -0.25) is 14.4 Å². The first-order chi connectivity index (χ1) is 14.5. The molecule has 156 valence electrons. The van der Waals surface area contributed by atoms with Crippen molar-refractivity contribution in [3.05, 3.63) is 48.5 Å². The van der Waals surface area contributed by atoms with E-state index in [9.17, 15) is 23.6 Å². The van der Waals surface area contributed by atoms with Crippen LogP contribution in [-0.4, -0.2) is 54.8 Å². The molecule has 30 heavy (non-hydrogen) atoms. The second-order valence-electron chi connectivity index (χ2n) is 6.42. The molecule has 1 aromatic heterocycles. The summed E-state index contributed by atoms with van der Waals surface area (Å²) in [6.07, 6.45) is -1.31. The average molecular weight is 414 g/mol. The Morgan fingerprint density at radius 3 is 2.10 bits per heavy atom. The molecular formula is C21H19FN2O6. The predicted octanol–water partition coefficient (Wildman–Crippen LogP) is 2.37. The summed E-state index contributed by atoms with van der Waals surface area (Å²) < 4.78 is 23.6. The highest BCUT2D eigenvalue weighted by Gasteiger charge is 2.25. The summed E-state index contributed by atoms with van der Waals surface area (Å²) >= 11 is 0. The van der Waals surface area contributed by atoms with E-state index in [0.717, 1.165) is 17.9 Å². The van der Waals surface area contributed by atoms with E-state index in [2.05, 4.69) is 10.1 Å². The number of nitrogens with one attached hydrogen (secondary N) is 1. The van der Waals surface area contributed by atoms with Gasteiger partial charge >= 0.3 is 12.1 Å². The molecule has 0 aliphatic carbocycles. The van der Waals surface area contributed by atoms with Gasteiger partial charge in [0.2, 0.25) is 0 Å². The van der Waals surface area contributed by atoms with Crippen molar-refractivity contribution in [2.45, 2.75) is 12.5 Å². The molecule has 0 fully saturated rings. The van der Waals surface area contributed by atoms with Crippen molar-refractivity contribution >= 4 is 45.6 Å².